The maximum Gasteiger partial charge on any atom is 0.225 e. The van der Waals surface area contributed by atoms with Crippen LogP contribution in [0.2, 0.25) is 0 Å². The van der Waals surface area contributed by atoms with Gasteiger partial charge in [-0.05, 0) is 30.5 Å². The predicted molar refractivity (Wildman–Crippen MR) is 94.8 cm³/mol. The molecular weight excluding hydrogens is 326 g/mol. The quantitative estimate of drug-likeness (QED) is 0.745. The maximum absolute atomic E-state index is 11.9. The van der Waals surface area contributed by atoms with Gasteiger partial charge >= 0.3 is 0 Å². The molecule has 1 amide bonds. The zero-order valence-electron chi connectivity index (χ0n) is 12.8. The molecule has 1 N–H and O–H groups in total. The van der Waals surface area contributed by atoms with E-state index in [4.69, 9.17) is 0 Å². The smallest absolute Gasteiger partial charge is 0.225 e. The van der Waals surface area contributed by atoms with Crippen molar-refractivity contribution in [2.75, 3.05) is 6.54 Å². The fourth-order valence-corrected chi connectivity index (χ4v) is 4.00. The molecule has 3 aromatic rings. The van der Waals surface area contributed by atoms with Crippen LogP contribution in [-0.4, -0.2) is 22.4 Å². The zero-order chi connectivity index (χ0) is 16.1. The average Bonchev–Trinajstić information content (AvgIpc) is 3.18. The third kappa shape index (κ3) is 4.24. The Morgan fingerprint density at radius 2 is 2.09 bits per heavy atom. The van der Waals surface area contributed by atoms with E-state index >= 15 is 0 Å². The number of carbonyl (C=O) groups is 1. The Bertz CT molecular complexity index is 767. The van der Waals surface area contributed by atoms with E-state index in [9.17, 15) is 4.79 Å². The molecule has 0 saturated carbocycles. The van der Waals surface area contributed by atoms with Crippen molar-refractivity contribution >= 4 is 28.6 Å². The lowest BCUT2D eigenvalue weighted by atomic mass is 10.2. The Labute approximate surface area is 143 Å². The van der Waals surface area contributed by atoms with Crippen molar-refractivity contribution in [2.24, 2.45) is 0 Å². The number of carbonyl (C=O) groups excluding carboxylic acids is 1. The van der Waals surface area contributed by atoms with E-state index in [1.807, 2.05) is 36.6 Å². The Morgan fingerprint density at radius 3 is 2.83 bits per heavy atom. The molecule has 3 rings (SSSR count). The van der Waals surface area contributed by atoms with Crippen LogP contribution in [0.4, 0.5) is 0 Å². The van der Waals surface area contributed by atoms with E-state index in [0.29, 0.717) is 13.0 Å². The number of aromatic nitrogens is 2. The summed E-state index contributed by atoms with van der Waals surface area (Å²) in [5, 5.41) is 5.98. The lowest BCUT2D eigenvalue weighted by Gasteiger charge is -2.03. The van der Waals surface area contributed by atoms with Gasteiger partial charge in [0, 0.05) is 40.7 Å². The van der Waals surface area contributed by atoms with Gasteiger partial charge in [-0.15, -0.1) is 22.7 Å². The number of nitrogens with zero attached hydrogens (tertiary/aromatic N) is 2. The van der Waals surface area contributed by atoms with Crippen LogP contribution in [0.5, 0.6) is 0 Å². The minimum Gasteiger partial charge on any atom is -0.355 e. The zero-order valence-corrected chi connectivity index (χ0v) is 14.4. The summed E-state index contributed by atoms with van der Waals surface area (Å²) in [5.41, 5.74) is 2.12. The maximum atomic E-state index is 11.9. The van der Waals surface area contributed by atoms with E-state index in [1.165, 1.54) is 4.88 Å². The van der Waals surface area contributed by atoms with Crippen molar-refractivity contribution in [3.8, 4) is 10.6 Å². The predicted octanol–water partition coefficient (Wildman–Crippen LogP) is 3.48. The van der Waals surface area contributed by atoms with Crippen molar-refractivity contribution in [3.05, 3.63) is 57.5 Å². The number of amides is 1. The first-order valence-corrected chi connectivity index (χ1v) is 9.08. The fourth-order valence-electron chi connectivity index (χ4n) is 2.23. The monoisotopic (exact) mass is 343 g/mol. The van der Waals surface area contributed by atoms with E-state index in [2.05, 4.69) is 15.3 Å². The molecule has 0 atom stereocenters. The van der Waals surface area contributed by atoms with E-state index in [1.54, 1.807) is 35.1 Å². The third-order valence-corrected chi connectivity index (χ3v) is 5.55. The molecule has 3 aromatic heterocycles. The Morgan fingerprint density at radius 1 is 1.26 bits per heavy atom. The van der Waals surface area contributed by atoms with E-state index < -0.39 is 0 Å². The standard InChI is InChI=1S/C17H17N3OS2/c1-12-15(23-17(20-12)13-4-7-18-8-5-13)6-9-19-16(21)11-14-3-2-10-22-14/h2-5,7-8,10H,6,9,11H2,1H3,(H,19,21). The highest BCUT2D eigenvalue weighted by molar-refractivity contribution is 7.15. The molecule has 118 valence electrons. The van der Waals surface area contributed by atoms with E-state index in [0.717, 1.165) is 27.6 Å². The van der Waals surface area contributed by atoms with Crippen LogP contribution in [0.3, 0.4) is 0 Å². The van der Waals surface area contributed by atoms with Gasteiger partial charge in [-0.3, -0.25) is 9.78 Å². The van der Waals surface area contributed by atoms with Gasteiger partial charge in [0.1, 0.15) is 5.01 Å². The summed E-state index contributed by atoms with van der Waals surface area (Å²) in [6.07, 6.45) is 4.82. The molecule has 0 saturated heterocycles. The highest BCUT2D eigenvalue weighted by Crippen LogP contribution is 2.27. The minimum atomic E-state index is 0.0731. The summed E-state index contributed by atoms with van der Waals surface area (Å²) in [5.74, 6) is 0.0731. The molecule has 0 aliphatic rings. The number of aryl methyl sites for hydroxylation is 1. The summed E-state index contributed by atoms with van der Waals surface area (Å²) < 4.78 is 0. The minimum absolute atomic E-state index is 0.0731. The molecular formula is C17H17N3OS2. The molecule has 3 heterocycles. The summed E-state index contributed by atoms with van der Waals surface area (Å²) in [7, 11) is 0. The summed E-state index contributed by atoms with van der Waals surface area (Å²) >= 11 is 3.29. The number of nitrogens with one attached hydrogen (secondary N) is 1. The Balaban J connectivity index is 1.54. The number of thiazole rings is 1. The van der Waals surface area contributed by atoms with Crippen LogP contribution in [0.1, 0.15) is 15.4 Å². The van der Waals surface area contributed by atoms with Gasteiger partial charge in [0.2, 0.25) is 5.91 Å². The lowest BCUT2D eigenvalue weighted by molar-refractivity contribution is -0.120. The molecule has 0 aromatic carbocycles. The SMILES string of the molecule is Cc1nc(-c2ccncc2)sc1CCNC(=O)Cc1cccs1. The van der Waals surface area contributed by atoms with Crippen molar-refractivity contribution in [3.63, 3.8) is 0 Å². The Kier molecular flexibility index (Phi) is 5.15. The molecule has 0 radical (unpaired) electrons. The molecule has 6 heteroatoms. The number of hydrogen-bond acceptors (Lipinski definition) is 5. The number of pyridine rings is 1. The second-order valence-electron chi connectivity index (χ2n) is 5.12. The number of hydrogen-bond donors (Lipinski definition) is 1. The number of rotatable bonds is 6. The van der Waals surface area contributed by atoms with Crippen LogP contribution < -0.4 is 5.32 Å². The van der Waals surface area contributed by atoms with Gasteiger partial charge in [-0.1, -0.05) is 6.07 Å². The number of thiophene rings is 1. The highest BCUT2D eigenvalue weighted by Gasteiger charge is 2.10. The molecule has 0 aliphatic carbocycles. The van der Waals surface area contributed by atoms with Crippen LogP contribution in [-0.2, 0) is 17.6 Å². The molecule has 23 heavy (non-hydrogen) atoms. The van der Waals surface area contributed by atoms with Crippen LogP contribution in [0.25, 0.3) is 10.6 Å². The van der Waals surface area contributed by atoms with Gasteiger partial charge in [0.05, 0.1) is 12.1 Å². The normalized spacial score (nSPS) is 10.7. The van der Waals surface area contributed by atoms with Gasteiger partial charge in [0.15, 0.2) is 0 Å². The summed E-state index contributed by atoms with van der Waals surface area (Å²) in [6.45, 7) is 2.66. The largest absolute Gasteiger partial charge is 0.355 e. The molecule has 0 fully saturated rings. The van der Waals surface area contributed by atoms with E-state index in [-0.39, 0.29) is 5.91 Å². The molecule has 0 spiro atoms. The first kappa shape index (κ1) is 15.8. The molecule has 0 unspecified atom stereocenters. The van der Waals surface area contributed by atoms with Crippen molar-refractivity contribution in [1.29, 1.82) is 0 Å². The second-order valence-corrected chi connectivity index (χ2v) is 7.24. The summed E-state index contributed by atoms with van der Waals surface area (Å²) in [4.78, 5) is 22.8. The average molecular weight is 343 g/mol. The van der Waals surface area contributed by atoms with Gasteiger partial charge in [-0.25, -0.2) is 4.98 Å². The second kappa shape index (κ2) is 7.48. The topological polar surface area (TPSA) is 54.9 Å². The highest BCUT2D eigenvalue weighted by atomic mass is 32.1. The molecule has 0 aliphatic heterocycles. The third-order valence-electron chi connectivity index (χ3n) is 3.41. The molecule has 4 nitrogen and oxygen atoms in total. The van der Waals surface area contributed by atoms with Gasteiger partial charge in [0.25, 0.3) is 0 Å². The Hall–Kier alpha value is -2.05. The fraction of sp³-hybridized carbons (Fsp3) is 0.235. The van der Waals surface area contributed by atoms with Gasteiger partial charge < -0.3 is 5.32 Å². The first-order chi connectivity index (χ1) is 11.2. The van der Waals surface area contributed by atoms with Gasteiger partial charge in [-0.2, -0.15) is 0 Å². The first-order valence-electron chi connectivity index (χ1n) is 7.38. The summed E-state index contributed by atoms with van der Waals surface area (Å²) in [6, 6.07) is 7.88. The lowest BCUT2D eigenvalue weighted by Crippen LogP contribution is -2.26. The van der Waals surface area contributed by atoms with Crippen LogP contribution in [0, 0.1) is 6.92 Å². The van der Waals surface area contributed by atoms with Crippen LogP contribution >= 0.6 is 22.7 Å². The van der Waals surface area contributed by atoms with Crippen LogP contribution in [0.15, 0.2) is 42.0 Å². The van der Waals surface area contributed by atoms with Crippen molar-refractivity contribution in [2.45, 2.75) is 19.8 Å². The van der Waals surface area contributed by atoms with Crippen molar-refractivity contribution in [1.82, 2.24) is 15.3 Å². The van der Waals surface area contributed by atoms with Crippen molar-refractivity contribution < 1.29 is 4.79 Å². The molecule has 0 bridgehead atoms.